The van der Waals surface area contributed by atoms with Gasteiger partial charge in [-0.15, -0.1) is 0 Å². The standard InChI is InChI=1S/C12H17IN2O2/c1-14(2)12-6-4-9-7-11(13-15(16)17)5-3-10(9)8-12/h3,5,7,12,15H,4,6,8H2,1-2H3/q-2. The van der Waals surface area contributed by atoms with Crippen LogP contribution in [0.3, 0.4) is 0 Å². The SMILES string of the molecule is CN(C)C1CCc2cc([I-][NH+]([O-])[O-])ccc2C1. The molecule has 96 valence electrons. The average Bonchev–Trinajstić information content (AvgIpc) is 2.27. The molecule has 0 bridgehead atoms. The zero-order valence-electron chi connectivity index (χ0n) is 10.1. The Labute approximate surface area is 112 Å². The third-order valence-corrected chi connectivity index (χ3v) is 5.02. The Morgan fingerprint density at radius 2 is 2.06 bits per heavy atom. The van der Waals surface area contributed by atoms with Crippen LogP contribution in [-0.2, 0) is 12.8 Å². The summed E-state index contributed by atoms with van der Waals surface area (Å²) < 4.78 is 0.0663. The molecule has 1 N–H and O–H groups in total. The number of nitrogens with one attached hydrogen (secondary N) is 1. The number of benzene rings is 1. The number of fused-ring (bicyclic) bond motifs is 1. The van der Waals surface area contributed by atoms with E-state index in [9.17, 15) is 10.4 Å². The first-order valence-electron chi connectivity index (χ1n) is 5.70. The van der Waals surface area contributed by atoms with E-state index in [0.29, 0.717) is 6.04 Å². The Morgan fingerprint density at radius 3 is 2.71 bits per heavy atom. The van der Waals surface area contributed by atoms with Gasteiger partial charge in [0.1, 0.15) is 0 Å². The molecule has 2 rings (SSSR count). The van der Waals surface area contributed by atoms with E-state index in [4.69, 9.17) is 0 Å². The van der Waals surface area contributed by atoms with Crippen molar-refractivity contribution in [3.8, 4) is 0 Å². The Kier molecular flexibility index (Phi) is 4.37. The van der Waals surface area contributed by atoms with Gasteiger partial charge in [0.15, 0.2) is 0 Å². The fourth-order valence-electron chi connectivity index (χ4n) is 2.29. The molecule has 0 fully saturated rings. The molecular weight excluding hydrogens is 331 g/mol. The molecule has 1 aromatic carbocycles. The van der Waals surface area contributed by atoms with Gasteiger partial charge in [-0.1, -0.05) is 0 Å². The molecule has 0 aromatic heterocycles. The van der Waals surface area contributed by atoms with Crippen molar-refractivity contribution < 1.29 is 24.9 Å². The van der Waals surface area contributed by atoms with Gasteiger partial charge in [0.05, 0.1) is 0 Å². The van der Waals surface area contributed by atoms with Gasteiger partial charge in [0.2, 0.25) is 0 Å². The van der Waals surface area contributed by atoms with Gasteiger partial charge < -0.3 is 0 Å². The van der Waals surface area contributed by atoms with E-state index in [1.54, 1.807) is 0 Å². The third-order valence-electron chi connectivity index (χ3n) is 3.29. The second-order valence-corrected chi connectivity index (χ2v) is 7.27. The summed E-state index contributed by atoms with van der Waals surface area (Å²) in [6, 6.07) is 6.75. The first kappa shape index (κ1) is 13.2. The number of quaternary nitrogens is 1. The van der Waals surface area contributed by atoms with E-state index < -0.39 is 24.9 Å². The Hall–Kier alpha value is -0.210. The molecule has 1 unspecified atom stereocenters. The van der Waals surface area contributed by atoms with Crippen LogP contribution < -0.4 is 24.9 Å². The number of rotatable bonds is 3. The van der Waals surface area contributed by atoms with Gasteiger partial charge in [0.25, 0.3) is 0 Å². The van der Waals surface area contributed by atoms with Gasteiger partial charge in [-0.05, 0) is 0 Å². The molecule has 0 amide bonds. The van der Waals surface area contributed by atoms with Crippen LogP contribution in [0.25, 0.3) is 0 Å². The summed E-state index contributed by atoms with van der Waals surface area (Å²) in [7, 11) is 4.23. The number of hydrogen-bond donors (Lipinski definition) is 1. The second-order valence-electron chi connectivity index (χ2n) is 4.61. The Morgan fingerprint density at radius 1 is 1.29 bits per heavy atom. The van der Waals surface area contributed by atoms with Gasteiger partial charge in [-0.2, -0.15) is 0 Å². The third kappa shape index (κ3) is 3.38. The van der Waals surface area contributed by atoms with Crippen LogP contribution in [0, 0.1) is 14.0 Å². The average molecular weight is 348 g/mol. The Balaban J connectivity index is 2.14. The molecule has 0 spiro atoms. The first-order chi connectivity index (χ1) is 8.06. The van der Waals surface area contributed by atoms with Crippen molar-refractivity contribution >= 4 is 0 Å². The minimum absolute atomic E-state index is 0.615. The predicted octanol–water partition coefficient (Wildman–Crippen LogP) is -2.84. The fraction of sp³-hybridized carbons (Fsp3) is 0.500. The van der Waals surface area contributed by atoms with Crippen LogP contribution in [0.4, 0.5) is 0 Å². The van der Waals surface area contributed by atoms with E-state index in [2.05, 4.69) is 31.1 Å². The summed E-state index contributed by atoms with van der Waals surface area (Å²) in [4.78, 5) is 2.27. The topological polar surface area (TPSA) is 53.8 Å². The van der Waals surface area contributed by atoms with Crippen LogP contribution in [0.5, 0.6) is 0 Å². The summed E-state index contributed by atoms with van der Waals surface area (Å²) >= 11 is -0.979. The van der Waals surface area contributed by atoms with Crippen molar-refractivity contribution in [2.75, 3.05) is 14.1 Å². The van der Waals surface area contributed by atoms with Gasteiger partial charge >= 0.3 is 113 Å². The second kappa shape index (κ2) is 5.62. The van der Waals surface area contributed by atoms with E-state index in [1.807, 2.05) is 6.07 Å². The van der Waals surface area contributed by atoms with Crippen molar-refractivity contribution in [2.24, 2.45) is 0 Å². The first-order valence-corrected chi connectivity index (χ1v) is 7.86. The Bertz CT molecular complexity index is 396. The zero-order valence-corrected chi connectivity index (χ0v) is 12.2. The molecule has 4 nitrogen and oxygen atoms in total. The minimum atomic E-state index is -0.979. The maximum absolute atomic E-state index is 10.6. The number of halogens is 1. The quantitative estimate of drug-likeness (QED) is 0.364. The van der Waals surface area contributed by atoms with Crippen molar-refractivity contribution in [2.45, 2.75) is 25.3 Å². The summed E-state index contributed by atoms with van der Waals surface area (Å²) in [6.07, 6.45) is 3.29. The summed E-state index contributed by atoms with van der Waals surface area (Å²) in [6.45, 7) is 0. The molecule has 17 heavy (non-hydrogen) atoms. The molecule has 1 aliphatic carbocycles. The number of hydrogen-bond acceptors (Lipinski definition) is 3. The summed E-state index contributed by atoms with van der Waals surface area (Å²) in [5.41, 5.74) is 2.71. The van der Waals surface area contributed by atoms with E-state index >= 15 is 0 Å². The molecule has 0 radical (unpaired) electrons. The van der Waals surface area contributed by atoms with Crippen molar-refractivity contribution in [3.63, 3.8) is 0 Å². The number of likely N-dealkylation sites (N-methyl/N-ethyl adjacent to an activating group) is 1. The molecule has 0 saturated carbocycles. The fourth-order valence-corrected chi connectivity index (χ4v) is 3.69. The molecule has 0 heterocycles. The predicted molar refractivity (Wildman–Crippen MR) is 62.3 cm³/mol. The van der Waals surface area contributed by atoms with E-state index in [0.717, 1.165) is 22.8 Å². The number of nitrogens with zero attached hydrogens (tertiary/aromatic N) is 1. The van der Waals surface area contributed by atoms with Gasteiger partial charge in [-0.25, -0.2) is 0 Å². The van der Waals surface area contributed by atoms with Crippen molar-refractivity contribution in [3.05, 3.63) is 43.3 Å². The normalized spacial score (nSPS) is 20.0. The van der Waals surface area contributed by atoms with E-state index in [-0.39, 0.29) is 0 Å². The van der Waals surface area contributed by atoms with Crippen LogP contribution in [0.15, 0.2) is 18.2 Å². The summed E-state index contributed by atoms with van der Waals surface area (Å²) in [5, 5.41) is 21.2. The van der Waals surface area contributed by atoms with Crippen molar-refractivity contribution in [1.29, 1.82) is 0 Å². The van der Waals surface area contributed by atoms with Gasteiger partial charge in [-0.3, -0.25) is 0 Å². The van der Waals surface area contributed by atoms with Crippen LogP contribution in [0.2, 0.25) is 0 Å². The molecule has 1 aliphatic rings. The molecular formula is C12H17IN2O2-2. The molecule has 0 saturated heterocycles. The monoisotopic (exact) mass is 348 g/mol. The maximum atomic E-state index is 10.6. The molecule has 1 aromatic rings. The van der Waals surface area contributed by atoms with Crippen LogP contribution >= 0.6 is 0 Å². The summed E-state index contributed by atoms with van der Waals surface area (Å²) in [5.74, 6) is 0. The van der Waals surface area contributed by atoms with E-state index in [1.165, 1.54) is 11.1 Å². The molecule has 5 heteroatoms. The van der Waals surface area contributed by atoms with Crippen LogP contribution in [0.1, 0.15) is 17.5 Å². The number of aryl methyl sites for hydroxylation is 1. The van der Waals surface area contributed by atoms with Gasteiger partial charge in [0, 0.05) is 0 Å². The van der Waals surface area contributed by atoms with Crippen LogP contribution in [-0.4, -0.2) is 25.0 Å². The van der Waals surface area contributed by atoms with Crippen molar-refractivity contribution in [1.82, 2.24) is 4.90 Å². The zero-order chi connectivity index (χ0) is 12.4. The molecule has 0 aliphatic heterocycles. The molecule has 1 atom stereocenters.